The highest BCUT2D eigenvalue weighted by Gasteiger charge is 2.24. The fourth-order valence-corrected chi connectivity index (χ4v) is 8.86. The molecule has 0 amide bonds. The van der Waals surface area contributed by atoms with E-state index in [2.05, 4.69) is 37.5 Å². The van der Waals surface area contributed by atoms with E-state index in [0.717, 1.165) is 71.2 Å². The van der Waals surface area contributed by atoms with Gasteiger partial charge in [-0.05, 0) is 89.1 Å². The molecule has 1 aliphatic rings. The Hall–Kier alpha value is -1.18. The molecule has 0 radical (unpaired) electrons. The molecule has 350 valence electrons. The smallest absolute Gasteiger partial charge is 0.305 e. The second-order valence-corrected chi connectivity index (χ2v) is 18.7. The number of hydrogen-bond donors (Lipinski definition) is 1. The lowest BCUT2D eigenvalue weighted by atomic mass is 9.91. The molecular formula is C52H102N2O5. The Bertz CT molecular complexity index is 886. The first kappa shape index (κ1) is 55.8. The van der Waals surface area contributed by atoms with Gasteiger partial charge in [-0.3, -0.25) is 14.5 Å². The van der Waals surface area contributed by atoms with Crippen molar-refractivity contribution in [2.45, 2.75) is 258 Å². The van der Waals surface area contributed by atoms with Crippen LogP contribution in [-0.2, 0) is 19.1 Å². The van der Waals surface area contributed by atoms with Crippen LogP contribution in [-0.4, -0.2) is 85.4 Å². The summed E-state index contributed by atoms with van der Waals surface area (Å²) in [4.78, 5) is 30.7. The van der Waals surface area contributed by atoms with E-state index >= 15 is 0 Å². The lowest BCUT2D eigenvalue weighted by Crippen LogP contribution is -2.45. The number of carbonyl (C=O) groups is 2. The molecule has 1 N–H and O–H groups in total. The quantitative estimate of drug-likeness (QED) is 0.0483. The molecule has 0 heterocycles. The van der Waals surface area contributed by atoms with Gasteiger partial charge in [-0.1, -0.05) is 175 Å². The molecule has 0 aromatic heterocycles. The van der Waals surface area contributed by atoms with Gasteiger partial charge in [0.2, 0.25) is 0 Å². The summed E-state index contributed by atoms with van der Waals surface area (Å²) in [7, 11) is 0. The second kappa shape index (κ2) is 42.1. The highest BCUT2D eigenvalue weighted by Crippen LogP contribution is 2.25. The molecule has 0 aromatic rings. The molecule has 59 heavy (non-hydrogen) atoms. The first-order valence-corrected chi connectivity index (χ1v) is 26.4. The third kappa shape index (κ3) is 34.0. The lowest BCUT2D eigenvalue weighted by molar-refractivity contribution is -0.146. The van der Waals surface area contributed by atoms with E-state index in [1.54, 1.807) is 0 Å². The predicted molar refractivity (Wildman–Crippen MR) is 252 cm³/mol. The Labute approximate surface area is 367 Å². The molecule has 0 aliphatic heterocycles. The Morgan fingerprint density at radius 1 is 0.475 bits per heavy atom. The Balaban J connectivity index is 2.48. The molecule has 0 unspecified atom stereocenters. The number of carbonyl (C=O) groups excluding carboxylic acids is 2. The molecule has 7 nitrogen and oxygen atoms in total. The van der Waals surface area contributed by atoms with Crippen LogP contribution in [0.1, 0.15) is 252 Å². The highest BCUT2D eigenvalue weighted by atomic mass is 16.5. The first-order chi connectivity index (χ1) is 29.0. The van der Waals surface area contributed by atoms with Gasteiger partial charge >= 0.3 is 11.9 Å². The van der Waals surface area contributed by atoms with Crippen molar-refractivity contribution in [3.8, 4) is 0 Å². The van der Waals surface area contributed by atoms with Crippen LogP contribution < -0.4 is 0 Å². The largest absolute Gasteiger partial charge is 0.465 e. The Morgan fingerprint density at radius 3 is 1.22 bits per heavy atom. The number of hydrogen-bond acceptors (Lipinski definition) is 7. The summed E-state index contributed by atoms with van der Waals surface area (Å²) in [6.07, 6.45) is 41.7. The fraction of sp³-hybridized carbons (Fsp3) is 0.962. The molecular weight excluding hydrogens is 733 g/mol. The van der Waals surface area contributed by atoms with Crippen molar-refractivity contribution in [1.29, 1.82) is 0 Å². The van der Waals surface area contributed by atoms with Crippen molar-refractivity contribution in [2.24, 2.45) is 11.8 Å². The number of aliphatic hydroxyl groups excluding tert-OH is 1. The van der Waals surface area contributed by atoms with Crippen LogP contribution in [0.2, 0.25) is 0 Å². The zero-order valence-electron chi connectivity index (χ0n) is 40.1. The van der Waals surface area contributed by atoms with Crippen molar-refractivity contribution in [2.75, 3.05) is 52.5 Å². The van der Waals surface area contributed by atoms with Crippen LogP contribution in [0.3, 0.4) is 0 Å². The van der Waals surface area contributed by atoms with E-state index in [-0.39, 0.29) is 18.5 Å². The van der Waals surface area contributed by atoms with Gasteiger partial charge in [0, 0.05) is 38.5 Å². The molecule has 0 aromatic carbocycles. The molecule has 1 rings (SSSR count). The molecule has 1 saturated carbocycles. The molecule has 0 bridgehead atoms. The number of rotatable bonds is 46. The normalized spacial score (nSPS) is 13.3. The number of ether oxygens (including phenoxy) is 2. The Morgan fingerprint density at radius 2 is 0.847 bits per heavy atom. The summed E-state index contributed by atoms with van der Waals surface area (Å²) >= 11 is 0. The summed E-state index contributed by atoms with van der Waals surface area (Å²) < 4.78 is 11.8. The minimum Gasteiger partial charge on any atom is -0.465 e. The average Bonchev–Trinajstić information content (AvgIpc) is 3.21. The zero-order valence-corrected chi connectivity index (χ0v) is 40.1. The van der Waals surface area contributed by atoms with E-state index < -0.39 is 0 Å². The van der Waals surface area contributed by atoms with Crippen LogP contribution >= 0.6 is 0 Å². The standard InChI is InChI=1S/C52H102N2O5/c1-5-9-13-17-19-25-34-49(35-26-20-18-14-10-6-2)47-59-52(57)39-28-22-30-41-53(42-43-54(44-45-55)50-36-31-37-50)40-29-21-27-38-51(56)58-46-48(32-23-15-11-7-3)33-24-16-12-8-4/h48-50,55H,5-47H2,1-4H3. The topological polar surface area (TPSA) is 79.3 Å². The van der Waals surface area contributed by atoms with Gasteiger partial charge in [-0.15, -0.1) is 0 Å². The van der Waals surface area contributed by atoms with Crippen molar-refractivity contribution in [1.82, 2.24) is 9.80 Å². The van der Waals surface area contributed by atoms with Gasteiger partial charge in [-0.25, -0.2) is 0 Å². The minimum atomic E-state index is -0.0150. The zero-order chi connectivity index (χ0) is 42.9. The van der Waals surface area contributed by atoms with Crippen LogP contribution in [0.15, 0.2) is 0 Å². The molecule has 1 fully saturated rings. The van der Waals surface area contributed by atoms with Gasteiger partial charge in [0.05, 0.1) is 19.8 Å². The number of unbranched alkanes of at least 4 members (excludes halogenated alkanes) is 20. The lowest BCUT2D eigenvalue weighted by Gasteiger charge is -2.38. The van der Waals surface area contributed by atoms with E-state index in [0.29, 0.717) is 43.9 Å². The van der Waals surface area contributed by atoms with Crippen molar-refractivity contribution in [3.63, 3.8) is 0 Å². The molecule has 0 atom stereocenters. The maximum Gasteiger partial charge on any atom is 0.305 e. The van der Waals surface area contributed by atoms with Gasteiger partial charge < -0.3 is 19.5 Å². The van der Waals surface area contributed by atoms with Crippen LogP contribution in [0, 0.1) is 11.8 Å². The van der Waals surface area contributed by atoms with Crippen LogP contribution in [0.4, 0.5) is 0 Å². The van der Waals surface area contributed by atoms with E-state index in [4.69, 9.17) is 9.47 Å². The maximum absolute atomic E-state index is 12.8. The van der Waals surface area contributed by atoms with Crippen molar-refractivity contribution < 1.29 is 24.2 Å². The average molecular weight is 835 g/mol. The summed E-state index contributed by atoms with van der Waals surface area (Å²) in [6, 6.07) is 0.629. The van der Waals surface area contributed by atoms with E-state index in [1.165, 1.54) is 173 Å². The molecule has 7 heteroatoms. The summed E-state index contributed by atoms with van der Waals surface area (Å²) in [5, 5.41) is 9.73. The summed E-state index contributed by atoms with van der Waals surface area (Å²) in [5.74, 6) is 1.01. The minimum absolute atomic E-state index is 0.00844. The summed E-state index contributed by atoms with van der Waals surface area (Å²) in [6.45, 7) is 15.4. The predicted octanol–water partition coefficient (Wildman–Crippen LogP) is 14.0. The van der Waals surface area contributed by atoms with Gasteiger partial charge in [0.25, 0.3) is 0 Å². The van der Waals surface area contributed by atoms with E-state index in [9.17, 15) is 14.7 Å². The number of esters is 2. The summed E-state index contributed by atoms with van der Waals surface area (Å²) in [5.41, 5.74) is 0. The van der Waals surface area contributed by atoms with E-state index in [1.807, 2.05) is 0 Å². The van der Waals surface area contributed by atoms with Crippen LogP contribution in [0.5, 0.6) is 0 Å². The monoisotopic (exact) mass is 835 g/mol. The SMILES string of the molecule is CCCCCCCCC(CCCCCCCC)COC(=O)CCCCCN(CCCCCC(=O)OCC(CCCCCC)CCCCCC)CCN(CCO)C1CCC1. The Kier molecular flexibility index (Phi) is 39.9. The third-order valence-corrected chi connectivity index (χ3v) is 13.2. The maximum atomic E-state index is 12.8. The third-order valence-electron chi connectivity index (χ3n) is 13.2. The van der Waals surface area contributed by atoms with Gasteiger partial charge in [0.1, 0.15) is 0 Å². The fourth-order valence-electron chi connectivity index (χ4n) is 8.86. The van der Waals surface area contributed by atoms with Gasteiger partial charge in [0.15, 0.2) is 0 Å². The highest BCUT2D eigenvalue weighted by molar-refractivity contribution is 5.69. The van der Waals surface area contributed by atoms with Gasteiger partial charge in [-0.2, -0.15) is 0 Å². The van der Waals surface area contributed by atoms with Crippen LogP contribution in [0.25, 0.3) is 0 Å². The van der Waals surface area contributed by atoms with Crippen molar-refractivity contribution in [3.05, 3.63) is 0 Å². The molecule has 0 saturated heterocycles. The molecule has 1 aliphatic carbocycles. The number of aliphatic hydroxyl groups is 1. The second-order valence-electron chi connectivity index (χ2n) is 18.7. The first-order valence-electron chi connectivity index (χ1n) is 26.4. The van der Waals surface area contributed by atoms with Crippen molar-refractivity contribution >= 4 is 11.9 Å². The number of nitrogens with zero attached hydrogens (tertiary/aromatic N) is 2. The molecule has 0 spiro atoms.